The molecule has 19 heavy (non-hydrogen) atoms. The van der Waals surface area contributed by atoms with E-state index in [0.29, 0.717) is 11.4 Å². The molecule has 1 aromatic heterocycles. The van der Waals surface area contributed by atoms with Crippen LogP contribution < -0.4 is 0 Å². The molecule has 0 aliphatic heterocycles. The van der Waals surface area contributed by atoms with Crippen molar-refractivity contribution >= 4 is 11.7 Å². The minimum Gasteiger partial charge on any atom is -0.481 e. The monoisotopic (exact) mass is 261 g/mol. The lowest BCUT2D eigenvalue weighted by atomic mass is 10.1. The van der Waals surface area contributed by atoms with E-state index in [-0.39, 0.29) is 5.69 Å². The van der Waals surface area contributed by atoms with Crippen molar-refractivity contribution < 1.29 is 14.8 Å². The smallest absolute Gasteiger partial charge is 0.312 e. The maximum absolute atomic E-state index is 10.8. The molecule has 0 spiro atoms. The Bertz CT molecular complexity index is 618. The van der Waals surface area contributed by atoms with E-state index in [9.17, 15) is 14.9 Å². The Kier molecular flexibility index (Phi) is 3.28. The van der Waals surface area contributed by atoms with Crippen LogP contribution in [0.15, 0.2) is 36.8 Å². The van der Waals surface area contributed by atoms with Gasteiger partial charge in [-0.1, -0.05) is 0 Å². The Morgan fingerprint density at radius 1 is 1.42 bits per heavy atom. The number of carboxylic acid groups (broad SMARTS) is 1. The second-order valence-corrected chi connectivity index (χ2v) is 4.04. The molecule has 1 aromatic carbocycles. The first-order chi connectivity index (χ1) is 8.99. The molecule has 7 nitrogen and oxygen atoms in total. The number of carboxylic acids is 1. The zero-order valence-electron chi connectivity index (χ0n) is 10.1. The maximum atomic E-state index is 10.8. The molecule has 1 heterocycles. The Morgan fingerprint density at radius 2 is 2.05 bits per heavy atom. The van der Waals surface area contributed by atoms with Crippen LogP contribution in [0, 0.1) is 10.1 Å². The van der Waals surface area contributed by atoms with Crippen LogP contribution in [-0.2, 0) is 4.79 Å². The Morgan fingerprint density at radius 3 is 2.58 bits per heavy atom. The van der Waals surface area contributed by atoms with Gasteiger partial charge in [-0.15, -0.1) is 0 Å². The van der Waals surface area contributed by atoms with Crippen molar-refractivity contribution in [3.8, 4) is 5.69 Å². The van der Waals surface area contributed by atoms with Crippen molar-refractivity contribution in [1.82, 2.24) is 9.55 Å². The first-order valence-electron chi connectivity index (χ1n) is 5.50. The van der Waals surface area contributed by atoms with E-state index in [4.69, 9.17) is 5.11 Å². The van der Waals surface area contributed by atoms with Gasteiger partial charge in [0.2, 0.25) is 0 Å². The first-order valence-corrected chi connectivity index (χ1v) is 5.50. The summed E-state index contributed by atoms with van der Waals surface area (Å²) in [7, 11) is 0. The van der Waals surface area contributed by atoms with Crippen molar-refractivity contribution in [1.29, 1.82) is 0 Å². The molecule has 98 valence electrons. The molecule has 0 aliphatic carbocycles. The van der Waals surface area contributed by atoms with E-state index in [2.05, 4.69) is 4.98 Å². The Hall–Kier alpha value is -2.70. The summed E-state index contributed by atoms with van der Waals surface area (Å²) in [6, 6.07) is 5.93. The molecule has 0 amide bonds. The van der Waals surface area contributed by atoms with Crippen LogP contribution in [0.5, 0.6) is 0 Å². The average Bonchev–Trinajstić information content (AvgIpc) is 2.87. The number of non-ortho nitro benzene ring substituents is 1. The van der Waals surface area contributed by atoms with Crippen LogP contribution in [-0.4, -0.2) is 25.6 Å². The molecule has 2 aromatic rings. The highest BCUT2D eigenvalue weighted by atomic mass is 16.6. The zero-order valence-corrected chi connectivity index (χ0v) is 10.1. The van der Waals surface area contributed by atoms with E-state index in [1.54, 1.807) is 29.8 Å². The summed E-state index contributed by atoms with van der Waals surface area (Å²) in [5, 5.41) is 19.4. The molecule has 0 aliphatic rings. The quantitative estimate of drug-likeness (QED) is 0.670. The third-order valence-corrected chi connectivity index (χ3v) is 2.78. The topological polar surface area (TPSA) is 98.3 Å². The molecule has 0 saturated heterocycles. The van der Waals surface area contributed by atoms with Crippen molar-refractivity contribution in [3.63, 3.8) is 0 Å². The van der Waals surface area contributed by atoms with Gasteiger partial charge in [0.25, 0.3) is 5.69 Å². The van der Waals surface area contributed by atoms with Crippen LogP contribution in [0.25, 0.3) is 5.69 Å². The van der Waals surface area contributed by atoms with Crippen molar-refractivity contribution in [2.75, 3.05) is 0 Å². The third-order valence-electron chi connectivity index (χ3n) is 2.78. The van der Waals surface area contributed by atoms with Gasteiger partial charge in [0.05, 0.1) is 22.9 Å². The number of nitro groups is 1. The third kappa shape index (κ3) is 2.59. The summed E-state index contributed by atoms with van der Waals surface area (Å²) in [5.74, 6) is -1.65. The molecule has 0 fully saturated rings. The summed E-state index contributed by atoms with van der Waals surface area (Å²) in [6.07, 6.45) is 3.08. The predicted molar refractivity (Wildman–Crippen MR) is 66.3 cm³/mol. The molecular weight excluding hydrogens is 250 g/mol. The van der Waals surface area contributed by atoms with E-state index in [1.165, 1.54) is 18.5 Å². The number of rotatable bonds is 4. The highest BCUT2D eigenvalue weighted by Gasteiger charge is 2.16. The lowest BCUT2D eigenvalue weighted by Gasteiger charge is -2.02. The largest absolute Gasteiger partial charge is 0.481 e. The lowest BCUT2D eigenvalue weighted by molar-refractivity contribution is -0.384. The van der Waals surface area contributed by atoms with Crippen molar-refractivity contribution in [3.05, 3.63) is 52.6 Å². The first kappa shape index (κ1) is 12.7. The van der Waals surface area contributed by atoms with Crippen molar-refractivity contribution in [2.24, 2.45) is 0 Å². The molecule has 0 bridgehead atoms. The highest BCUT2D eigenvalue weighted by molar-refractivity contribution is 5.74. The van der Waals surface area contributed by atoms with E-state index in [1.807, 2.05) is 0 Å². The van der Waals surface area contributed by atoms with Gasteiger partial charge in [-0.25, -0.2) is 4.98 Å². The van der Waals surface area contributed by atoms with E-state index in [0.717, 1.165) is 0 Å². The van der Waals surface area contributed by atoms with Gasteiger partial charge in [-0.3, -0.25) is 14.9 Å². The van der Waals surface area contributed by atoms with Gasteiger partial charge in [0.15, 0.2) is 0 Å². The molecule has 2 rings (SSSR count). The number of hydrogen-bond donors (Lipinski definition) is 1. The minimum absolute atomic E-state index is 0.00277. The summed E-state index contributed by atoms with van der Waals surface area (Å²) in [4.78, 5) is 24.9. The summed E-state index contributed by atoms with van der Waals surface area (Å²) < 4.78 is 1.62. The SMILES string of the molecule is CC(C(=O)O)c1cn(-c2ccc([N+](=O)[O-])cc2)cn1. The second-order valence-electron chi connectivity index (χ2n) is 4.04. The molecule has 0 radical (unpaired) electrons. The number of hydrogen-bond acceptors (Lipinski definition) is 4. The fraction of sp³-hybridized carbons (Fsp3) is 0.167. The predicted octanol–water partition coefficient (Wildman–Crippen LogP) is 1.97. The number of carbonyl (C=O) groups is 1. The number of nitro benzene ring substituents is 1. The summed E-state index contributed by atoms with van der Waals surface area (Å²) >= 11 is 0. The molecule has 7 heteroatoms. The minimum atomic E-state index is -0.950. The van der Waals surface area contributed by atoms with Gasteiger partial charge >= 0.3 is 5.97 Å². The lowest BCUT2D eigenvalue weighted by Crippen LogP contribution is -2.07. The van der Waals surface area contributed by atoms with E-state index >= 15 is 0 Å². The number of imidazole rings is 1. The van der Waals surface area contributed by atoms with Crippen molar-refractivity contribution in [2.45, 2.75) is 12.8 Å². The van der Waals surface area contributed by atoms with Crippen LogP contribution in [0.2, 0.25) is 0 Å². The summed E-state index contributed by atoms with van der Waals surface area (Å²) in [6.45, 7) is 1.55. The number of benzene rings is 1. The normalized spacial score (nSPS) is 12.1. The zero-order chi connectivity index (χ0) is 14.0. The van der Waals surface area contributed by atoms with Gasteiger partial charge in [0, 0.05) is 24.0 Å². The Labute approximate surface area is 108 Å². The van der Waals surface area contributed by atoms with Gasteiger partial charge in [-0.05, 0) is 19.1 Å². The van der Waals surface area contributed by atoms with Crippen LogP contribution in [0.1, 0.15) is 18.5 Å². The molecule has 0 saturated carbocycles. The highest BCUT2D eigenvalue weighted by Crippen LogP contribution is 2.18. The molecule has 1 atom stereocenters. The van der Waals surface area contributed by atoms with Crippen LogP contribution in [0.3, 0.4) is 0 Å². The fourth-order valence-corrected chi connectivity index (χ4v) is 1.58. The van der Waals surface area contributed by atoms with Crippen LogP contribution in [0.4, 0.5) is 5.69 Å². The average molecular weight is 261 g/mol. The summed E-state index contributed by atoms with van der Waals surface area (Å²) in [5.41, 5.74) is 1.12. The molecular formula is C12H11N3O4. The van der Waals surface area contributed by atoms with Gasteiger partial charge < -0.3 is 9.67 Å². The Balaban J connectivity index is 2.27. The fourth-order valence-electron chi connectivity index (χ4n) is 1.58. The second kappa shape index (κ2) is 4.89. The number of aromatic nitrogens is 2. The van der Waals surface area contributed by atoms with Gasteiger partial charge in [-0.2, -0.15) is 0 Å². The van der Waals surface area contributed by atoms with E-state index < -0.39 is 16.8 Å². The molecule has 1 unspecified atom stereocenters. The maximum Gasteiger partial charge on any atom is 0.312 e. The number of aliphatic carboxylic acids is 1. The standard InChI is InChI=1S/C12H11N3O4/c1-8(12(16)17)11-6-14(7-13-11)9-2-4-10(5-3-9)15(18)19/h2-8H,1H3,(H,16,17). The van der Waals surface area contributed by atoms with Crippen LogP contribution >= 0.6 is 0 Å². The number of nitrogens with zero attached hydrogens (tertiary/aromatic N) is 3. The molecule has 1 N–H and O–H groups in total. The van der Waals surface area contributed by atoms with Gasteiger partial charge in [0.1, 0.15) is 0 Å².